The second-order valence-corrected chi connectivity index (χ2v) is 6.62. The molecule has 0 bridgehead atoms. The Balaban J connectivity index is 2.04. The van der Waals surface area contributed by atoms with Gasteiger partial charge in [0.1, 0.15) is 10.7 Å². The van der Waals surface area contributed by atoms with Crippen LogP contribution >= 0.6 is 0 Å². The van der Waals surface area contributed by atoms with Crippen molar-refractivity contribution in [2.24, 2.45) is 5.73 Å². The monoisotopic (exact) mass is 312 g/mol. The molecule has 116 valence electrons. The number of aryl methyl sites for hydroxylation is 2. The summed E-state index contributed by atoms with van der Waals surface area (Å²) in [4.78, 5) is 0.148. The molecular formula is C13H20N4O3S. The summed E-state index contributed by atoms with van der Waals surface area (Å²) in [6.45, 7) is 3.55. The van der Waals surface area contributed by atoms with Crippen LogP contribution in [0.5, 0.6) is 0 Å². The summed E-state index contributed by atoms with van der Waals surface area (Å²) in [7, 11) is -3.63. The van der Waals surface area contributed by atoms with Gasteiger partial charge in [-0.05, 0) is 32.4 Å². The van der Waals surface area contributed by atoms with Crippen molar-refractivity contribution in [1.82, 2.24) is 14.9 Å². The van der Waals surface area contributed by atoms with Gasteiger partial charge in [0.05, 0.1) is 17.7 Å². The van der Waals surface area contributed by atoms with Crippen LogP contribution in [-0.2, 0) is 23.0 Å². The molecule has 0 aromatic carbocycles. The molecule has 0 spiro atoms. The Morgan fingerprint density at radius 3 is 2.90 bits per heavy atom. The first-order valence-corrected chi connectivity index (χ1v) is 8.21. The highest BCUT2D eigenvalue weighted by molar-refractivity contribution is 7.89. The molecule has 0 saturated carbocycles. The summed E-state index contributed by atoms with van der Waals surface area (Å²) in [5.74, 6) is 0.836. The SMILES string of the molecule is Cc1[nH]nc(CN)c1S(=O)(=O)NC(C)CCc1ccco1. The van der Waals surface area contributed by atoms with Crippen LogP contribution in [0.15, 0.2) is 27.7 Å². The molecule has 7 nitrogen and oxygen atoms in total. The number of nitrogens with two attached hydrogens (primary N) is 1. The second-order valence-electron chi connectivity index (χ2n) is 4.97. The molecule has 0 radical (unpaired) electrons. The Morgan fingerprint density at radius 1 is 1.52 bits per heavy atom. The predicted molar refractivity (Wildman–Crippen MR) is 78.0 cm³/mol. The Kier molecular flexibility index (Phi) is 4.81. The zero-order chi connectivity index (χ0) is 15.5. The normalized spacial score (nSPS) is 13.5. The number of furan rings is 1. The maximum Gasteiger partial charge on any atom is 0.244 e. The van der Waals surface area contributed by atoms with Gasteiger partial charge >= 0.3 is 0 Å². The Hall–Kier alpha value is -1.64. The highest BCUT2D eigenvalue weighted by Crippen LogP contribution is 2.18. The summed E-state index contributed by atoms with van der Waals surface area (Å²) in [6, 6.07) is 3.46. The van der Waals surface area contributed by atoms with E-state index in [2.05, 4.69) is 14.9 Å². The summed E-state index contributed by atoms with van der Waals surface area (Å²) in [5.41, 5.74) is 6.36. The van der Waals surface area contributed by atoms with Gasteiger partial charge in [0.25, 0.3) is 0 Å². The van der Waals surface area contributed by atoms with Crippen LogP contribution in [0.3, 0.4) is 0 Å². The summed E-state index contributed by atoms with van der Waals surface area (Å²) < 4.78 is 32.7. The standard InChI is InChI=1S/C13H20N4O3S/c1-9(5-6-11-4-3-7-20-11)17-21(18,19)13-10(2)15-16-12(13)8-14/h3-4,7,9,17H,5-6,8,14H2,1-2H3,(H,15,16). The van der Waals surface area contributed by atoms with E-state index in [1.54, 1.807) is 13.2 Å². The van der Waals surface area contributed by atoms with Crippen LogP contribution in [0.2, 0.25) is 0 Å². The average molecular weight is 312 g/mol. The fourth-order valence-corrected chi connectivity index (χ4v) is 3.81. The van der Waals surface area contributed by atoms with Crippen LogP contribution in [-0.4, -0.2) is 24.7 Å². The van der Waals surface area contributed by atoms with Gasteiger partial charge in [0, 0.05) is 19.0 Å². The topological polar surface area (TPSA) is 114 Å². The number of nitrogens with zero attached hydrogens (tertiary/aromatic N) is 1. The number of H-pyrrole nitrogens is 1. The molecule has 0 amide bonds. The Morgan fingerprint density at radius 2 is 2.29 bits per heavy atom. The van der Waals surface area contributed by atoms with Crippen molar-refractivity contribution < 1.29 is 12.8 Å². The number of sulfonamides is 1. The van der Waals surface area contributed by atoms with Gasteiger partial charge in [-0.25, -0.2) is 13.1 Å². The molecule has 2 heterocycles. The van der Waals surface area contributed by atoms with Crippen molar-refractivity contribution in [3.05, 3.63) is 35.5 Å². The number of rotatable bonds is 7. The van der Waals surface area contributed by atoms with Crippen LogP contribution in [0.25, 0.3) is 0 Å². The lowest BCUT2D eigenvalue weighted by atomic mass is 10.2. The molecule has 2 aromatic heterocycles. The van der Waals surface area contributed by atoms with E-state index in [1.165, 1.54) is 0 Å². The minimum atomic E-state index is -3.63. The number of nitrogens with one attached hydrogen (secondary N) is 2. The molecule has 0 fully saturated rings. The number of aromatic amines is 1. The fraction of sp³-hybridized carbons (Fsp3) is 0.462. The van der Waals surface area contributed by atoms with E-state index in [4.69, 9.17) is 10.2 Å². The molecule has 0 saturated heterocycles. The number of aromatic nitrogens is 2. The van der Waals surface area contributed by atoms with Crippen LogP contribution in [0.4, 0.5) is 0 Å². The fourth-order valence-electron chi connectivity index (χ4n) is 2.16. The molecule has 0 aliphatic carbocycles. The summed E-state index contributed by atoms with van der Waals surface area (Å²) in [6.07, 6.45) is 2.92. The van der Waals surface area contributed by atoms with E-state index < -0.39 is 10.0 Å². The first kappa shape index (κ1) is 15.7. The molecule has 0 aliphatic heterocycles. The predicted octanol–water partition coefficient (Wildman–Crippen LogP) is 1.07. The third-order valence-corrected chi connectivity index (χ3v) is 4.98. The van der Waals surface area contributed by atoms with Gasteiger partial charge in [-0.15, -0.1) is 0 Å². The minimum absolute atomic E-state index is 0.0708. The Bertz CT molecular complexity index is 676. The second kappa shape index (κ2) is 6.42. The molecule has 21 heavy (non-hydrogen) atoms. The smallest absolute Gasteiger partial charge is 0.244 e. The summed E-state index contributed by atoms with van der Waals surface area (Å²) >= 11 is 0. The molecule has 1 atom stereocenters. The average Bonchev–Trinajstić information content (AvgIpc) is 3.04. The van der Waals surface area contributed by atoms with E-state index in [0.717, 1.165) is 5.76 Å². The molecular weight excluding hydrogens is 292 g/mol. The van der Waals surface area contributed by atoms with E-state index in [9.17, 15) is 8.42 Å². The number of hydrogen-bond acceptors (Lipinski definition) is 5. The number of hydrogen-bond donors (Lipinski definition) is 3. The van der Waals surface area contributed by atoms with Crippen molar-refractivity contribution in [3.8, 4) is 0 Å². The summed E-state index contributed by atoms with van der Waals surface area (Å²) in [5, 5.41) is 6.57. The molecule has 4 N–H and O–H groups in total. The van der Waals surface area contributed by atoms with E-state index in [-0.39, 0.29) is 17.5 Å². The molecule has 1 unspecified atom stereocenters. The quantitative estimate of drug-likeness (QED) is 0.707. The van der Waals surface area contributed by atoms with Crippen LogP contribution in [0, 0.1) is 6.92 Å². The van der Waals surface area contributed by atoms with Gasteiger partial charge in [-0.3, -0.25) is 5.10 Å². The van der Waals surface area contributed by atoms with E-state index in [1.807, 2.05) is 19.1 Å². The van der Waals surface area contributed by atoms with E-state index in [0.29, 0.717) is 24.2 Å². The third-order valence-electron chi connectivity index (χ3n) is 3.18. The van der Waals surface area contributed by atoms with Crippen molar-refractivity contribution in [3.63, 3.8) is 0 Å². The lowest BCUT2D eigenvalue weighted by Crippen LogP contribution is -2.33. The van der Waals surface area contributed by atoms with E-state index >= 15 is 0 Å². The first-order valence-electron chi connectivity index (χ1n) is 6.72. The van der Waals surface area contributed by atoms with Crippen LogP contribution in [0.1, 0.15) is 30.5 Å². The molecule has 8 heteroatoms. The lowest BCUT2D eigenvalue weighted by Gasteiger charge is -2.14. The van der Waals surface area contributed by atoms with Crippen molar-refractivity contribution >= 4 is 10.0 Å². The largest absolute Gasteiger partial charge is 0.469 e. The lowest BCUT2D eigenvalue weighted by molar-refractivity contribution is 0.480. The first-order chi connectivity index (χ1) is 9.94. The van der Waals surface area contributed by atoms with Crippen LogP contribution < -0.4 is 10.5 Å². The van der Waals surface area contributed by atoms with Crippen molar-refractivity contribution in [1.29, 1.82) is 0 Å². The van der Waals surface area contributed by atoms with Crippen molar-refractivity contribution in [2.75, 3.05) is 0 Å². The minimum Gasteiger partial charge on any atom is -0.469 e. The zero-order valence-electron chi connectivity index (χ0n) is 12.1. The van der Waals surface area contributed by atoms with Gasteiger partial charge < -0.3 is 10.2 Å². The maximum absolute atomic E-state index is 12.4. The van der Waals surface area contributed by atoms with Gasteiger partial charge in [-0.2, -0.15) is 5.10 Å². The van der Waals surface area contributed by atoms with Gasteiger partial charge in [0.2, 0.25) is 10.0 Å². The highest BCUT2D eigenvalue weighted by Gasteiger charge is 2.25. The van der Waals surface area contributed by atoms with Crippen molar-refractivity contribution in [2.45, 2.75) is 44.2 Å². The molecule has 2 rings (SSSR count). The third kappa shape index (κ3) is 3.72. The van der Waals surface area contributed by atoms with Gasteiger partial charge in [0.15, 0.2) is 0 Å². The Labute approximate surface area is 124 Å². The highest BCUT2D eigenvalue weighted by atomic mass is 32.2. The molecule has 2 aromatic rings. The zero-order valence-corrected chi connectivity index (χ0v) is 12.9. The maximum atomic E-state index is 12.4. The van der Waals surface area contributed by atoms with Gasteiger partial charge in [-0.1, -0.05) is 0 Å². The molecule has 0 aliphatic rings.